The third kappa shape index (κ3) is 5.70. The van der Waals surface area contributed by atoms with Crippen LogP contribution in [-0.4, -0.2) is 45.4 Å². The van der Waals surface area contributed by atoms with E-state index in [-0.39, 0.29) is 23.4 Å². The van der Waals surface area contributed by atoms with Gasteiger partial charge in [-0.1, -0.05) is 19.9 Å². The second-order valence-electron chi connectivity index (χ2n) is 10.5. The number of ether oxygens (including phenoxy) is 1. The van der Waals surface area contributed by atoms with Crippen LogP contribution in [-0.2, 0) is 18.3 Å². The fraction of sp³-hybridized carbons (Fsp3) is 0.367. The summed E-state index contributed by atoms with van der Waals surface area (Å²) < 4.78 is 22.5. The molecule has 5 rings (SSSR count). The summed E-state index contributed by atoms with van der Waals surface area (Å²) in [5.74, 6) is 2.09. The molecule has 2 aromatic heterocycles. The lowest BCUT2D eigenvalue weighted by Gasteiger charge is -2.27. The van der Waals surface area contributed by atoms with E-state index in [0.29, 0.717) is 35.2 Å². The van der Waals surface area contributed by atoms with Crippen molar-refractivity contribution >= 4 is 28.5 Å². The van der Waals surface area contributed by atoms with Crippen LogP contribution in [0.2, 0.25) is 0 Å². The molecule has 0 unspecified atom stereocenters. The normalized spacial score (nSPS) is 14.8. The first-order valence-corrected chi connectivity index (χ1v) is 13.1. The highest BCUT2D eigenvalue weighted by Crippen LogP contribution is 2.30. The number of carbonyl (C=O) groups is 1. The molecule has 1 saturated heterocycles. The van der Waals surface area contributed by atoms with Gasteiger partial charge in [0.2, 0.25) is 5.95 Å². The summed E-state index contributed by atoms with van der Waals surface area (Å²) in [6, 6.07) is 14.4. The molecule has 0 spiro atoms. The van der Waals surface area contributed by atoms with E-state index in [1.165, 1.54) is 6.07 Å². The average molecular weight is 516 g/mol. The zero-order valence-corrected chi connectivity index (χ0v) is 22.4. The van der Waals surface area contributed by atoms with E-state index in [9.17, 15) is 9.18 Å². The van der Waals surface area contributed by atoms with Gasteiger partial charge < -0.3 is 19.5 Å². The van der Waals surface area contributed by atoms with Gasteiger partial charge in [0.1, 0.15) is 23.1 Å². The molecule has 0 amide bonds. The summed E-state index contributed by atoms with van der Waals surface area (Å²) in [5.41, 5.74) is 3.76. The lowest BCUT2D eigenvalue weighted by atomic mass is 9.90. The minimum atomic E-state index is -0.326. The van der Waals surface area contributed by atoms with Crippen LogP contribution in [0.3, 0.4) is 0 Å². The minimum Gasteiger partial charge on any atom is -0.457 e. The fourth-order valence-corrected chi connectivity index (χ4v) is 4.88. The molecular weight excluding hydrogens is 481 g/mol. The van der Waals surface area contributed by atoms with Gasteiger partial charge in [-0.05, 0) is 74.8 Å². The summed E-state index contributed by atoms with van der Waals surface area (Å²) in [7, 11) is 3.98. The van der Waals surface area contributed by atoms with Crippen molar-refractivity contribution in [3.63, 3.8) is 0 Å². The number of likely N-dealkylation sites (tertiary alicyclic amines) is 1. The maximum Gasteiger partial charge on any atom is 0.208 e. The van der Waals surface area contributed by atoms with E-state index in [1.807, 2.05) is 41.9 Å². The largest absolute Gasteiger partial charge is 0.457 e. The summed E-state index contributed by atoms with van der Waals surface area (Å²) in [6.45, 7) is 6.07. The lowest BCUT2D eigenvalue weighted by molar-refractivity contribution is -0.123. The van der Waals surface area contributed by atoms with Crippen LogP contribution in [0.1, 0.15) is 43.9 Å². The Morgan fingerprint density at radius 3 is 2.61 bits per heavy atom. The number of rotatable bonds is 8. The van der Waals surface area contributed by atoms with E-state index in [0.717, 1.165) is 42.5 Å². The van der Waals surface area contributed by atoms with Gasteiger partial charge in [0.05, 0.1) is 22.4 Å². The minimum absolute atomic E-state index is 0.105. The van der Waals surface area contributed by atoms with Crippen LogP contribution in [0.15, 0.2) is 54.7 Å². The van der Waals surface area contributed by atoms with Crippen molar-refractivity contribution in [2.75, 3.05) is 25.5 Å². The molecule has 7 nitrogen and oxygen atoms in total. The van der Waals surface area contributed by atoms with Crippen LogP contribution in [0.25, 0.3) is 11.0 Å². The number of benzene rings is 2. The Labute approximate surface area is 222 Å². The van der Waals surface area contributed by atoms with Gasteiger partial charge >= 0.3 is 0 Å². The molecule has 198 valence electrons. The predicted octanol–water partition coefficient (Wildman–Crippen LogP) is 6.22. The Kier molecular flexibility index (Phi) is 7.42. The molecule has 2 aromatic carbocycles. The Balaban J connectivity index is 1.30. The number of ketones is 1. The summed E-state index contributed by atoms with van der Waals surface area (Å²) >= 11 is 0. The van der Waals surface area contributed by atoms with Crippen molar-refractivity contribution in [2.45, 2.75) is 39.0 Å². The predicted molar refractivity (Wildman–Crippen MR) is 148 cm³/mol. The van der Waals surface area contributed by atoms with Gasteiger partial charge in [-0.3, -0.25) is 9.78 Å². The van der Waals surface area contributed by atoms with Gasteiger partial charge in [-0.25, -0.2) is 9.37 Å². The van der Waals surface area contributed by atoms with Crippen molar-refractivity contribution in [3.05, 3.63) is 71.8 Å². The zero-order valence-electron chi connectivity index (χ0n) is 22.4. The zero-order chi connectivity index (χ0) is 26.8. The number of carbonyl (C=O) groups excluding carboxylic acids is 1. The van der Waals surface area contributed by atoms with Gasteiger partial charge in [0.25, 0.3) is 0 Å². The molecule has 0 atom stereocenters. The number of piperidine rings is 1. The molecule has 0 bridgehead atoms. The first kappa shape index (κ1) is 25.9. The highest BCUT2D eigenvalue weighted by atomic mass is 19.1. The van der Waals surface area contributed by atoms with Gasteiger partial charge in [-0.15, -0.1) is 0 Å². The third-order valence-corrected chi connectivity index (χ3v) is 7.31. The van der Waals surface area contributed by atoms with Crippen molar-refractivity contribution in [1.82, 2.24) is 19.4 Å². The van der Waals surface area contributed by atoms with Crippen molar-refractivity contribution in [2.24, 2.45) is 13.0 Å². The van der Waals surface area contributed by atoms with Crippen LogP contribution < -0.4 is 10.1 Å². The van der Waals surface area contributed by atoms with Crippen LogP contribution in [0.4, 0.5) is 16.0 Å². The molecule has 1 aliphatic heterocycles. The second-order valence-corrected chi connectivity index (χ2v) is 10.5. The molecular formula is C30H34FN5O2. The van der Waals surface area contributed by atoms with Crippen LogP contribution >= 0.6 is 0 Å². The highest BCUT2D eigenvalue weighted by Gasteiger charge is 2.23. The number of anilines is 2. The topological polar surface area (TPSA) is 72.3 Å². The molecule has 1 fully saturated rings. The Morgan fingerprint density at radius 1 is 1.08 bits per heavy atom. The summed E-state index contributed by atoms with van der Waals surface area (Å²) in [6.07, 6.45) is 3.80. The van der Waals surface area contributed by atoms with Crippen LogP contribution in [0, 0.1) is 11.7 Å². The first-order chi connectivity index (χ1) is 18.3. The monoisotopic (exact) mass is 515 g/mol. The maximum absolute atomic E-state index is 14.5. The molecule has 38 heavy (non-hydrogen) atoms. The van der Waals surface area contributed by atoms with Crippen molar-refractivity contribution in [1.29, 1.82) is 0 Å². The number of hydrogen-bond acceptors (Lipinski definition) is 6. The Hall–Kier alpha value is -3.78. The van der Waals surface area contributed by atoms with Gasteiger partial charge in [-0.2, -0.15) is 0 Å². The molecule has 1 aliphatic rings. The molecule has 0 saturated carbocycles. The number of fused-ring (bicyclic) bond motifs is 1. The molecule has 3 heterocycles. The van der Waals surface area contributed by atoms with Crippen LogP contribution in [0.5, 0.6) is 11.5 Å². The number of aryl methyl sites for hydroxylation is 1. The summed E-state index contributed by atoms with van der Waals surface area (Å²) in [5, 5.41) is 3.14. The number of imidazole rings is 1. The van der Waals surface area contributed by atoms with E-state index in [2.05, 4.69) is 41.1 Å². The van der Waals surface area contributed by atoms with E-state index < -0.39 is 0 Å². The number of nitrogens with one attached hydrogen (secondary N) is 1. The van der Waals surface area contributed by atoms with E-state index in [4.69, 9.17) is 4.74 Å². The lowest BCUT2D eigenvalue weighted by Crippen LogP contribution is -2.34. The Bertz CT molecular complexity index is 1460. The van der Waals surface area contributed by atoms with Gasteiger partial charge in [0.15, 0.2) is 0 Å². The highest BCUT2D eigenvalue weighted by molar-refractivity contribution is 5.83. The van der Waals surface area contributed by atoms with Crippen molar-refractivity contribution < 1.29 is 13.9 Å². The SMILES string of the molecule is CC(C)c1ccc(F)c(Nc2nc3cc(Oc4ccnc(CC(=O)C5CCN(C)CC5)c4)ccc3n2C)c1. The van der Waals surface area contributed by atoms with Crippen molar-refractivity contribution in [3.8, 4) is 11.5 Å². The fourth-order valence-electron chi connectivity index (χ4n) is 4.88. The Morgan fingerprint density at radius 2 is 1.84 bits per heavy atom. The molecule has 0 radical (unpaired) electrons. The summed E-state index contributed by atoms with van der Waals surface area (Å²) in [4.78, 5) is 24.1. The number of nitrogens with zero attached hydrogens (tertiary/aromatic N) is 4. The first-order valence-electron chi connectivity index (χ1n) is 13.1. The molecule has 1 N–H and O–H groups in total. The van der Waals surface area contributed by atoms with E-state index >= 15 is 0 Å². The number of hydrogen-bond donors (Lipinski definition) is 1. The standard InChI is InChI=1S/C30H34FN5O2/c1-19(2)21-5-7-25(31)26(15-21)33-30-34-27-18-23(6-8-28(27)36(30)4)38-24-9-12-32-22(16-24)17-29(37)20-10-13-35(3)14-11-20/h5-9,12,15-16,18-20H,10-11,13-14,17H2,1-4H3,(H,33,34). The average Bonchev–Trinajstić information content (AvgIpc) is 3.20. The van der Waals surface area contributed by atoms with E-state index in [1.54, 1.807) is 18.3 Å². The smallest absolute Gasteiger partial charge is 0.208 e. The molecule has 4 aromatic rings. The number of halogens is 1. The number of aromatic nitrogens is 3. The maximum atomic E-state index is 14.5. The second kappa shape index (κ2) is 10.9. The molecule has 0 aliphatic carbocycles. The quantitative estimate of drug-likeness (QED) is 0.300. The number of Topliss-reactive ketones (excluding diaryl/α,β-unsaturated/α-hetero) is 1. The van der Waals surface area contributed by atoms with Gasteiger partial charge in [0, 0.05) is 37.7 Å². The molecule has 8 heteroatoms. The third-order valence-electron chi connectivity index (χ3n) is 7.31. The number of pyridine rings is 1.